The zero-order valence-corrected chi connectivity index (χ0v) is 15.9. The van der Waals surface area contributed by atoms with Crippen LogP contribution in [0.4, 0.5) is 5.13 Å². The third kappa shape index (κ3) is 3.28. The van der Waals surface area contributed by atoms with Gasteiger partial charge in [0.1, 0.15) is 0 Å². The molecule has 2 heterocycles. The Morgan fingerprint density at radius 3 is 2.75 bits per heavy atom. The average Bonchev–Trinajstić information content (AvgIpc) is 3.35. The van der Waals surface area contributed by atoms with Gasteiger partial charge in [0.2, 0.25) is 5.13 Å². The number of para-hydroxylation sites is 1. The van der Waals surface area contributed by atoms with Gasteiger partial charge in [-0.1, -0.05) is 65.9 Å². The van der Waals surface area contributed by atoms with Crippen molar-refractivity contribution in [3.05, 3.63) is 96.3 Å². The van der Waals surface area contributed by atoms with Crippen molar-refractivity contribution in [1.82, 2.24) is 9.55 Å². The van der Waals surface area contributed by atoms with E-state index in [-0.39, 0.29) is 0 Å². The van der Waals surface area contributed by atoms with Crippen LogP contribution < -0.4 is 5.43 Å². The monoisotopic (exact) mass is 382 g/mol. The maximum absolute atomic E-state index is 4.54. The lowest BCUT2D eigenvalue weighted by molar-refractivity contribution is 0.805. The topological polar surface area (TPSA) is 42.2 Å². The first-order valence-electron chi connectivity index (χ1n) is 9.13. The minimum atomic E-state index is 0.796. The molecule has 4 nitrogen and oxygen atoms in total. The Morgan fingerprint density at radius 2 is 1.79 bits per heavy atom. The second-order valence-electron chi connectivity index (χ2n) is 6.56. The van der Waals surface area contributed by atoms with Crippen molar-refractivity contribution >= 4 is 43.7 Å². The molecule has 5 aromatic rings. The van der Waals surface area contributed by atoms with Crippen molar-refractivity contribution in [2.75, 3.05) is 5.43 Å². The first kappa shape index (κ1) is 16.7. The second-order valence-corrected chi connectivity index (χ2v) is 7.59. The molecule has 2 aromatic heterocycles. The highest BCUT2D eigenvalue weighted by Gasteiger charge is 2.04. The Hall–Kier alpha value is -3.44. The summed E-state index contributed by atoms with van der Waals surface area (Å²) in [6.45, 7) is 0.802. The Morgan fingerprint density at radius 1 is 0.929 bits per heavy atom. The normalized spacial score (nSPS) is 11.6. The molecule has 0 fully saturated rings. The Labute approximate surface area is 166 Å². The fourth-order valence-electron chi connectivity index (χ4n) is 3.38. The summed E-state index contributed by atoms with van der Waals surface area (Å²) in [6, 6.07) is 27.1. The van der Waals surface area contributed by atoms with Gasteiger partial charge in [0, 0.05) is 12.7 Å². The summed E-state index contributed by atoms with van der Waals surface area (Å²) in [5.41, 5.74) is 6.38. The Kier molecular flexibility index (Phi) is 4.35. The molecule has 5 heteroatoms. The number of anilines is 1. The van der Waals surface area contributed by atoms with E-state index >= 15 is 0 Å². The molecule has 0 atom stereocenters. The van der Waals surface area contributed by atoms with Crippen molar-refractivity contribution in [3.63, 3.8) is 0 Å². The fraction of sp³-hybridized carbons (Fsp3) is 0.0435. The van der Waals surface area contributed by atoms with E-state index in [2.05, 4.69) is 80.9 Å². The van der Waals surface area contributed by atoms with Crippen LogP contribution in [0.1, 0.15) is 11.3 Å². The van der Waals surface area contributed by atoms with E-state index in [1.165, 1.54) is 16.3 Å². The van der Waals surface area contributed by atoms with Gasteiger partial charge in [-0.15, -0.1) is 0 Å². The highest BCUT2D eigenvalue weighted by molar-refractivity contribution is 7.22. The van der Waals surface area contributed by atoms with E-state index in [0.29, 0.717) is 0 Å². The predicted octanol–water partition coefficient (Wildman–Crippen LogP) is 5.75. The second kappa shape index (κ2) is 7.29. The highest BCUT2D eigenvalue weighted by atomic mass is 32.1. The number of hydrogen-bond donors (Lipinski definition) is 1. The molecule has 0 aliphatic rings. The zero-order valence-electron chi connectivity index (χ0n) is 15.1. The highest BCUT2D eigenvalue weighted by Crippen LogP contribution is 2.25. The number of thiazole rings is 1. The lowest BCUT2D eigenvalue weighted by Gasteiger charge is -2.09. The summed E-state index contributed by atoms with van der Waals surface area (Å²) in [4.78, 5) is 4.54. The first-order valence-corrected chi connectivity index (χ1v) is 9.95. The quantitative estimate of drug-likeness (QED) is 0.311. The Bertz CT molecular complexity index is 1240. The first-order chi connectivity index (χ1) is 13.9. The molecule has 0 aliphatic carbocycles. The summed E-state index contributed by atoms with van der Waals surface area (Å²) in [5, 5.41) is 7.74. The molecule has 0 bridgehead atoms. The number of rotatable bonds is 5. The maximum Gasteiger partial charge on any atom is 0.204 e. The SMILES string of the molecule is C(=N/Nc1nc2ccccc2s1)/c1cccn1Cc1cccc2ccccc12. The zero-order chi connectivity index (χ0) is 18.8. The summed E-state index contributed by atoms with van der Waals surface area (Å²) >= 11 is 1.60. The smallest absolute Gasteiger partial charge is 0.204 e. The largest absolute Gasteiger partial charge is 0.342 e. The molecule has 0 amide bonds. The van der Waals surface area contributed by atoms with Gasteiger partial charge in [0.25, 0.3) is 0 Å². The average molecular weight is 382 g/mol. The summed E-state index contributed by atoms with van der Waals surface area (Å²) < 4.78 is 3.35. The molecule has 0 saturated carbocycles. The van der Waals surface area contributed by atoms with E-state index in [4.69, 9.17) is 0 Å². The molecule has 5 rings (SSSR count). The van der Waals surface area contributed by atoms with Gasteiger partial charge >= 0.3 is 0 Å². The van der Waals surface area contributed by atoms with Crippen LogP contribution in [0.15, 0.2) is 90.2 Å². The minimum Gasteiger partial charge on any atom is -0.342 e. The molecule has 28 heavy (non-hydrogen) atoms. The van der Waals surface area contributed by atoms with Crippen molar-refractivity contribution < 1.29 is 0 Å². The number of hydrogen-bond acceptors (Lipinski definition) is 4. The van der Waals surface area contributed by atoms with E-state index in [1.807, 2.05) is 30.5 Å². The predicted molar refractivity (Wildman–Crippen MR) is 118 cm³/mol. The van der Waals surface area contributed by atoms with Gasteiger partial charge in [-0.05, 0) is 40.6 Å². The van der Waals surface area contributed by atoms with Crippen LogP contribution in [-0.2, 0) is 6.54 Å². The standard InChI is InChI=1S/C23H18N4S/c1-2-11-20-17(7-1)8-5-9-18(20)16-27-14-6-10-19(27)15-24-26-23-25-21-12-3-4-13-22(21)28-23/h1-15H,16H2,(H,25,26)/b24-15-. The molecule has 0 unspecified atom stereocenters. The third-order valence-electron chi connectivity index (χ3n) is 4.74. The van der Waals surface area contributed by atoms with E-state index < -0.39 is 0 Å². The van der Waals surface area contributed by atoms with Crippen molar-refractivity contribution in [2.24, 2.45) is 5.10 Å². The molecule has 136 valence electrons. The van der Waals surface area contributed by atoms with Gasteiger partial charge in [0.15, 0.2) is 0 Å². The summed E-state index contributed by atoms with van der Waals surface area (Å²) in [6.07, 6.45) is 3.93. The number of hydrazone groups is 1. The van der Waals surface area contributed by atoms with Gasteiger partial charge in [-0.3, -0.25) is 5.43 Å². The number of fused-ring (bicyclic) bond motifs is 2. The van der Waals surface area contributed by atoms with E-state index in [9.17, 15) is 0 Å². The molecule has 0 aliphatic heterocycles. The minimum absolute atomic E-state index is 0.796. The van der Waals surface area contributed by atoms with E-state index in [1.54, 1.807) is 11.3 Å². The number of nitrogens with one attached hydrogen (secondary N) is 1. The summed E-state index contributed by atoms with van der Waals surface area (Å²) in [5.74, 6) is 0. The van der Waals surface area contributed by atoms with Crippen LogP contribution in [0.25, 0.3) is 21.0 Å². The maximum atomic E-state index is 4.54. The van der Waals surface area contributed by atoms with Crippen LogP contribution in [0.2, 0.25) is 0 Å². The van der Waals surface area contributed by atoms with Gasteiger partial charge in [-0.2, -0.15) is 5.10 Å². The lowest BCUT2D eigenvalue weighted by atomic mass is 10.0. The van der Waals surface area contributed by atoms with Crippen LogP contribution in [-0.4, -0.2) is 15.8 Å². The molecule has 0 radical (unpaired) electrons. The molecular formula is C23H18N4S. The number of benzene rings is 3. The lowest BCUT2D eigenvalue weighted by Crippen LogP contribution is -2.04. The third-order valence-corrected chi connectivity index (χ3v) is 5.68. The van der Waals surface area contributed by atoms with Crippen LogP contribution in [0.3, 0.4) is 0 Å². The molecule has 1 N–H and O–H groups in total. The van der Waals surface area contributed by atoms with Crippen LogP contribution in [0, 0.1) is 0 Å². The molecular weight excluding hydrogens is 364 g/mol. The van der Waals surface area contributed by atoms with Crippen LogP contribution >= 0.6 is 11.3 Å². The fourth-order valence-corrected chi connectivity index (χ4v) is 4.19. The van der Waals surface area contributed by atoms with Crippen LogP contribution in [0.5, 0.6) is 0 Å². The summed E-state index contributed by atoms with van der Waals surface area (Å²) in [7, 11) is 0. The van der Waals surface area contributed by atoms with Crippen molar-refractivity contribution in [3.8, 4) is 0 Å². The molecule has 0 spiro atoms. The van der Waals surface area contributed by atoms with Gasteiger partial charge in [-0.25, -0.2) is 4.98 Å². The van der Waals surface area contributed by atoms with Gasteiger partial charge in [0.05, 0.1) is 22.1 Å². The molecule has 3 aromatic carbocycles. The number of aromatic nitrogens is 2. The Balaban J connectivity index is 1.36. The van der Waals surface area contributed by atoms with E-state index in [0.717, 1.165) is 27.6 Å². The molecule has 0 saturated heterocycles. The van der Waals surface area contributed by atoms with Crippen molar-refractivity contribution in [1.29, 1.82) is 0 Å². The number of nitrogens with zero attached hydrogens (tertiary/aromatic N) is 3. The van der Waals surface area contributed by atoms with Gasteiger partial charge < -0.3 is 4.57 Å². The van der Waals surface area contributed by atoms with Crippen molar-refractivity contribution in [2.45, 2.75) is 6.54 Å².